The van der Waals surface area contributed by atoms with Gasteiger partial charge in [0.2, 0.25) is 5.91 Å². The second kappa shape index (κ2) is 6.95. The van der Waals surface area contributed by atoms with Crippen LogP contribution in [-0.4, -0.2) is 41.4 Å². The lowest BCUT2D eigenvalue weighted by atomic mass is 9.83. The molecule has 1 saturated heterocycles. The fourth-order valence-electron chi connectivity index (χ4n) is 5.57. The van der Waals surface area contributed by atoms with Crippen LogP contribution in [0.25, 0.3) is 10.9 Å². The summed E-state index contributed by atoms with van der Waals surface area (Å²) in [5.74, 6) is -0.00234. The van der Waals surface area contributed by atoms with Crippen molar-refractivity contribution in [3.8, 4) is 0 Å². The Morgan fingerprint density at radius 2 is 1.87 bits per heavy atom. The highest BCUT2D eigenvalue weighted by molar-refractivity contribution is 5.99. The number of nitrogens with zero attached hydrogens (tertiary/aromatic N) is 1. The lowest BCUT2D eigenvalue weighted by Gasteiger charge is -2.44. The Balaban J connectivity index is 1.19. The number of aromatic amines is 1. The van der Waals surface area contributed by atoms with Gasteiger partial charge in [-0.3, -0.25) is 9.59 Å². The zero-order valence-electron chi connectivity index (χ0n) is 17.3. The molecule has 4 heterocycles. The second-order valence-corrected chi connectivity index (χ2v) is 8.82. The van der Waals surface area contributed by atoms with Gasteiger partial charge in [-0.15, -0.1) is 0 Å². The molecule has 2 aromatic carbocycles. The van der Waals surface area contributed by atoms with Crippen LogP contribution < -0.4 is 5.32 Å². The van der Waals surface area contributed by atoms with Gasteiger partial charge in [0.1, 0.15) is 5.60 Å². The third kappa shape index (κ3) is 2.89. The maximum Gasteiger partial charge on any atom is 0.252 e. The maximum absolute atomic E-state index is 13.1. The van der Waals surface area contributed by atoms with E-state index in [-0.39, 0.29) is 23.5 Å². The Hall–Kier alpha value is -3.12. The molecule has 3 aliphatic heterocycles. The smallest absolute Gasteiger partial charge is 0.252 e. The summed E-state index contributed by atoms with van der Waals surface area (Å²) in [4.78, 5) is 30.8. The average Bonchev–Trinajstić information content (AvgIpc) is 3.34. The zero-order chi connectivity index (χ0) is 21.0. The molecule has 3 aromatic rings. The molecule has 1 unspecified atom stereocenters. The third-order valence-electron chi connectivity index (χ3n) is 7.19. The van der Waals surface area contributed by atoms with Crippen molar-refractivity contribution in [1.82, 2.24) is 15.2 Å². The molecule has 0 bridgehead atoms. The summed E-state index contributed by atoms with van der Waals surface area (Å²) in [6.07, 6.45) is 2.79. The number of para-hydroxylation sites is 1. The lowest BCUT2D eigenvalue weighted by molar-refractivity contribution is -0.141. The van der Waals surface area contributed by atoms with Gasteiger partial charge in [-0.05, 0) is 42.5 Å². The minimum atomic E-state index is -0.336. The van der Waals surface area contributed by atoms with Crippen molar-refractivity contribution in [3.63, 3.8) is 0 Å². The summed E-state index contributed by atoms with van der Waals surface area (Å²) in [7, 11) is 0. The van der Waals surface area contributed by atoms with Crippen LogP contribution in [0.3, 0.4) is 0 Å². The fraction of sp³-hybridized carbons (Fsp3) is 0.360. The van der Waals surface area contributed by atoms with E-state index in [4.69, 9.17) is 4.74 Å². The summed E-state index contributed by atoms with van der Waals surface area (Å²) >= 11 is 0. The zero-order valence-corrected chi connectivity index (χ0v) is 17.3. The number of ether oxygens (including phenoxy) is 1. The van der Waals surface area contributed by atoms with Gasteiger partial charge in [0.05, 0.1) is 24.8 Å². The number of H-pyrrole nitrogens is 1. The summed E-state index contributed by atoms with van der Waals surface area (Å²) in [6.45, 7) is 2.04. The highest BCUT2D eigenvalue weighted by atomic mass is 16.5. The molecule has 0 radical (unpaired) electrons. The van der Waals surface area contributed by atoms with Gasteiger partial charge < -0.3 is 19.9 Å². The molecular formula is C25H25N3O3. The van der Waals surface area contributed by atoms with E-state index in [1.165, 1.54) is 16.6 Å². The Labute approximate surface area is 180 Å². The Bertz CT molecular complexity index is 1190. The first-order valence-corrected chi connectivity index (χ1v) is 11.1. The highest BCUT2D eigenvalue weighted by Crippen LogP contribution is 2.43. The molecule has 6 heteroatoms. The quantitative estimate of drug-likeness (QED) is 0.673. The predicted molar refractivity (Wildman–Crippen MR) is 117 cm³/mol. The number of aromatic nitrogens is 1. The number of fused-ring (bicyclic) bond motifs is 5. The molecule has 0 saturated carbocycles. The van der Waals surface area contributed by atoms with Crippen molar-refractivity contribution in [2.75, 3.05) is 19.7 Å². The number of carbonyl (C=O) groups excluding carboxylic acids is 2. The Morgan fingerprint density at radius 1 is 1.10 bits per heavy atom. The van der Waals surface area contributed by atoms with Gasteiger partial charge >= 0.3 is 0 Å². The Morgan fingerprint density at radius 3 is 2.74 bits per heavy atom. The fourth-order valence-corrected chi connectivity index (χ4v) is 5.57. The molecule has 31 heavy (non-hydrogen) atoms. The molecule has 1 atom stereocenters. The van der Waals surface area contributed by atoms with E-state index in [9.17, 15) is 9.59 Å². The number of benzene rings is 2. The van der Waals surface area contributed by atoms with Gasteiger partial charge in [0.25, 0.3) is 5.91 Å². The molecule has 0 aliphatic carbocycles. The van der Waals surface area contributed by atoms with Crippen LogP contribution in [0.5, 0.6) is 0 Å². The highest BCUT2D eigenvalue weighted by Gasteiger charge is 2.44. The first kappa shape index (κ1) is 18.6. The minimum absolute atomic E-state index is 0.0875. The molecular weight excluding hydrogens is 390 g/mol. The van der Waals surface area contributed by atoms with Crippen LogP contribution >= 0.6 is 0 Å². The molecule has 6 nitrogen and oxygen atoms in total. The molecule has 1 aromatic heterocycles. The normalized spacial score (nSPS) is 21.7. The third-order valence-corrected chi connectivity index (χ3v) is 7.19. The van der Waals surface area contributed by atoms with Crippen LogP contribution in [-0.2, 0) is 21.6 Å². The average molecular weight is 415 g/mol. The summed E-state index contributed by atoms with van der Waals surface area (Å²) in [5, 5.41) is 4.24. The van der Waals surface area contributed by atoms with Crippen molar-refractivity contribution >= 4 is 22.7 Å². The predicted octanol–water partition coefficient (Wildman–Crippen LogP) is 3.43. The monoisotopic (exact) mass is 415 g/mol. The summed E-state index contributed by atoms with van der Waals surface area (Å²) in [6, 6.07) is 15.7. The molecule has 2 N–H and O–H groups in total. The molecule has 3 aliphatic rings. The number of hydrogen-bond acceptors (Lipinski definition) is 3. The van der Waals surface area contributed by atoms with Gasteiger partial charge in [-0.1, -0.05) is 36.4 Å². The van der Waals surface area contributed by atoms with Gasteiger partial charge in [0, 0.05) is 29.6 Å². The summed E-state index contributed by atoms with van der Waals surface area (Å²) < 4.78 is 6.36. The molecule has 1 spiro atoms. The van der Waals surface area contributed by atoms with Crippen LogP contribution in [0.15, 0.2) is 48.5 Å². The van der Waals surface area contributed by atoms with E-state index in [2.05, 4.69) is 34.6 Å². The van der Waals surface area contributed by atoms with Crippen molar-refractivity contribution in [1.29, 1.82) is 0 Å². The van der Waals surface area contributed by atoms with E-state index in [0.29, 0.717) is 31.7 Å². The number of nitrogens with one attached hydrogen (secondary N) is 2. The molecule has 6 rings (SSSR count). The van der Waals surface area contributed by atoms with Gasteiger partial charge in [-0.25, -0.2) is 0 Å². The number of amides is 2. The first-order valence-electron chi connectivity index (χ1n) is 11.1. The lowest BCUT2D eigenvalue weighted by Crippen LogP contribution is -2.48. The van der Waals surface area contributed by atoms with Crippen LogP contribution in [0.1, 0.15) is 52.5 Å². The van der Waals surface area contributed by atoms with E-state index >= 15 is 0 Å². The van der Waals surface area contributed by atoms with E-state index in [0.717, 1.165) is 30.3 Å². The van der Waals surface area contributed by atoms with E-state index < -0.39 is 0 Å². The minimum Gasteiger partial charge on any atom is -0.368 e. The number of piperidine rings is 1. The molecule has 1 fully saturated rings. The SMILES string of the molecule is O=C1NC(CC(=O)N2CCC3(CC2)OCCc2c3[nH]c3ccccc23)c2ccccc21. The largest absolute Gasteiger partial charge is 0.368 e. The molecule has 2 amide bonds. The van der Waals surface area contributed by atoms with Crippen molar-refractivity contribution in [3.05, 3.63) is 70.9 Å². The van der Waals surface area contributed by atoms with Crippen LogP contribution in [0.2, 0.25) is 0 Å². The number of carbonyl (C=O) groups is 2. The van der Waals surface area contributed by atoms with Crippen molar-refractivity contribution < 1.29 is 14.3 Å². The summed E-state index contributed by atoms with van der Waals surface area (Å²) in [5.41, 5.74) is 4.99. The maximum atomic E-state index is 13.1. The molecule has 158 valence electrons. The second-order valence-electron chi connectivity index (χ2n) is 8.82. The van der Waals surface area contributed by atoms with Crippen LogP contribution in [0, 0.1) is 0 Å². The van der Waals surface area contributed by atoms with Gasteiger partial charge in [0.15, 0.2) is 0 Å². The standard InChI is InChI=1S/C25H25N3O3/c29-22(15-21-17-6-1-2-7-19(17)24(30)27-21)28-12-10-25(11-13-28)23-18(9-14-31-25)16-5-3-4-8-20(16)26-23/h1-8,21,26H,9-15H2,(H,27,30). The van der Waals surface area contributed by atoms with E-state index in [1.807, 2.05) is 29.2 Å². The van der Waals surface area contributed by atoms with Crippen LogP contribution in [0.4, 0.5) is 0 Å². The first-order chi connectivity index (χ1) is 15.1. The van der Waals surface area contributed by atoms with Crippen molar-refractivity contribution in [2.45, 2.75) is 37.3 Å². The Kier molecular flexibility index (Phi) is 4.18. The van der Waals surface area contributed by atoms with Crippen molar-refractivity contribution in [2.24, 2.45) is 0 Å². The topological polar surface area (TPSA) is 74.4 Å². The number of hydrogen-bond donors (Lipinski definition) is 2. The van der Waals surface area contributed by atoms with E-state index in [1.54, 1.807) is 0 Å². The van der Waals surface area contributed by atoms with Gasteiger partial charge in [-0.2, -0.15) is 0 Å². The number of rotatable bonds is 2. The number of likely N-dealkylation sites (tertiary alicyclic amines) is 1.